The highest BCUT2D eigenvalue weighted by molar-refractivity contribution is 6.11. The fourth-order valence-corrected chi connectivity index (χ4v) is 3.76. The summed E-state index contributed by atoms with van der Waals surface area (Å²) in [7, 11) is 0. The first-order chi connectivity index (χ1) is 9.47. The lowest BCUT2D eigenvalue weighted by Gasteiger charge is -2.22. The number of rotatable bonds is 2. The third-order valence-electron chi connectivity index (χ3n) is 4.89. The van der Waals surface area contributed by atoms with E-state index in [0.717, 1.165) is 48.1 Å². The summed E-state index contributed by atoms with van der Waals surface area (Å²) in [5, 5.41) is 9.11. The van der Waals surface area contributed by atoms with Crippen LogP contribution in [0.2, 0.25) is 0 Å². The van der Waals surface area contributed by atoms with Gasteiger partial charge in [-0.3, -0.25) is 14.5 Å². The van der Waals surface area contributed by atoms with E-state index in [0.29, 0.717) is 0 Å². The van der Waals surface area contributed by atoms with Gasteiger partial charge in [0.25, 0.3) is 0 Å². The number of hydrogen-bond donors (Lipinski definition) is 1. The second-order valence-corrected chi connectivity index (χ2v) is 5.98. The summed E-state index contributed by atoms with van der Waals surface area (Å²) in [6.07, 6.45) is 3.77. The normalized spacial score (nSPS) is 19.7. The van der Waals surface area contributed by atoms with Crippen molar-refractivity contribution in [3.8, 4) is 0 Å². The van der Waals surface area contributed by atoms with Gasteiger partial charge >= 0.3 is 5.97 Å². The van der Waals surface area contributed by atoms with Gasteiger partial charge in [-0.2, -0.15) is 0 Å². The van der Waals surface area contributed by atoms with Crippen LogP contribution in [0.1, 0.15) is 42.4 Å². The van der Waals surface area contributed by atoms with Crippen molar-refractivity contribution >= 4 is 17.6 Å². The summed E-state index contributed by atoms with van der Waals surface area (Å²) in [5.74, 6) is -0.971. The van der Waals surface area contributed by atoms with E-state index in [1.165, 1.54) is 4.90 Å². The average molecular weight is 273 g/mol. The SMILES string of the molecule is Cc1ccc2c(c1C)N(CC(=O)O)C(=O)C21CCCC1. The fourth-order valence-electron chi connectivity index (χ4n) is 3.76. The molecule has 0 aromatic heterocycles. The van der Waals surface area contributed by atoms with Gasteiger partial charge in [0.05, 0.1) is 11.1 Å². The number of nitrogens with zero attached hydrogens (tertiary/aromatic N) is 1. The zero-order chi connectivity index (χ0) is 14.5. The molecule has 1 aromatic carbocycles. The van der Waals surface area contributed by atoms with Gasteiger partial charge in [0.1, 0.15) is 6.54 Å². The minimum Gasteiger partial charge on any atom is -0.480 e. The van der Waals surface area contributed by atoms with E-state index in [2.05, 4.69) is 0 Å². The summed E-state index contributed by atoms with van der Waals surface area (Å²) in [6, 6.07) is 4.08. The van der Waals surface area contributed by atoms with Gasteiger partial charge < -0.3 is 5.11 Å². The lowest BCUT2D eigenvalue weighted by atomic mass is 9.79. The Hall–Kier alpha value is -1.84. The third kappa shape index (κ3) is 1.60. The molecule has 1 aliphatic heterocycles. The Bertz CT molecular complexity index is 600. The average Bonchev–Trinajstić information content (AvgIpc) is 2.95. The zero-order valence-corrected chi connectivity index (χ0v) is 11.9. The van der Waals surface area contributed by atoms with Crippen molar-refractivity contribution in [3.05, 3.63) is 28.8 Å². The van der Waals surface area contributed by atoms with Gasteiger partial charge in [0.2, 0.25) is 5.91 Å². The Morgan fingerprint density at radius 2 is 1.95 bits per heavy atom. The summed E-state index contributed by atoms with van der Waals surface area (Å²) in [5.41, 5.74) is 3.56. The highest BCUT2D eigenvalue weighted by Crippen LogP contribution is 2.52. The van der Waals surface area contributed by atoms with E-state index in [1.807, 2.05) is 26.0 Å². The van der Waals surface area contributed by atoms with Crippen LogP contribution in [0.15, 0.2) is 12.1 Å². The maximum absolute atomic E-state index is 12.8. The highest BCUT2D eigenvalue weighted by atomic mass is 16.4. The summed E-state index contributed by atoms with van der Waals surface area (Å²) >= 11 is 0. The zero-order valence-electron chi connectivity index (χ0n) is 11.9. The van der Waals surface area contributed by atoms with Gasteiger partial charge in [-0.1, -0.05) is 25.0 Å². The van der Waals surface area contributed by atoms with E-state index in [4.69, 9.17) is 5.11 Å². The van der Waals surface area contributed by atoms with Crippen LogP contribution < -0.4 is 4.90 Å². The van der Waals surface area contributed by atoms with Crippen LogP contribution in [-0.2, 0) is 15.0 Å². The molecule has 1 heterocycles. The van der Waals surface area contributed by atoms with Crippen LogP contribution >= 0.6 is 0 Å². The Morgan fingerprint density at radius 1 is 1.30 bits per heavy atom. The number of carbonyl (C=O) groups excluding carboxylic acids is 1. The first kappa shape index (κ1) is 13.2. The van der Waals surface area contributed by atoms with Crippen molar-refractivity contribution in [1.29, 1.82) is 0 Å². The second-order valence-electron chi connectivity index (χ2n) is 5.98. The van der Waals surface area contributed by atoms with Crippen LogP contribution in [0, 0.1) is 13.8 Å². The molecule has 1 spiro atoms. The van der Waals surface area contributed by atoms with Gasteiger partial charge in [-0.15, -0.1) is 0 Å². The molecular weight excluding hydrogens is 254 g/mol. The van der Waals surface area contributed by atoms with E-state index in [1.54, 1.807) is 0 Å². The van der Waals surface area contributed by atoms with Crippen molar-refractivity contribution in [2.75, 3.05) is 11.4 Å². The number of benzene rings is 1. The number of anilines is 1. The van der Waals surface area contributed by atoms with Crippen LogP contribution in [0.25, 0.3) is 0 Å². The molecule has 1 fully saturated rings. The molecule has 3 rings (SSSR count). The summed E-state index contributed by atoms with van der Waals surface area (Å²) in [6.45, 7) is 3.74. The quantitative estimate of drug-likeness (QED) is 0.901. The number of aliphatic carboxylic acids is 1. The van der Waals surface area contributed by atoms with Crippen molar-refractivity contribution < 1.29 is 14.7 Å². The Kier molecular flexibility index (Phi) is 2.85. The molecule has 1 saturated carbocycles. The molecule has 0 radical (unpaired) electrons. The first-order valence-electron chi connectivity index (χ1n) is 7.12. The van der Waals surface area contributed by atoms with Crippen LogP contribution in [0.4, 0.5) is 5.69 Å². The van der Waals surface area contributed by atoms with Crippen molar-refractivity contribution in [1.82, 2.24) is 0 Å². The molecule has 1 aromatic rings. The van der Waals surface area contributed by atoms with Crippen molar-refractivity contribution in [3.63, 3.8) is 0 Å². The smallest absolute Gasteiger partial charge is 0.323 e. The standard InChI is InChI=1S/C16H19NO3/c1-10-5-6-12-14(11(10)2)17(9-13(18)19)15(20)16(12)7-3-4-8-16/h5-6H,3-4,7-9H2,1-2H3,(H,18,19). The predicted molar refractivity (Wildman–Crippen MR) is 76.1 cm³/mol. The van der Waals surface area contributed by atoms with Gasteiger partial charge in [-0.25, -0.2) is 0 Å². The lowest BCUT2D eigenvalue weighted by Crippen LogP contribution is -2.41. The van der Waals surface area contributed by atoms with Gasteiger partial charge in [-0.05, 0) is 43.4 Å². The minimum absolute atomic E-state index is 0.0129. The molecule has 4 heteroatoms. The van der Waals surface area contributed by atoms with E-state index >= 15 is 0 Å². The van der Waals surface area contributed by atoms with E-state index in [9.17, 15) is 9.59 Å². The first-order valence-corrected chi connectivity index (χ1v) is 7.12. The number of fused-ring (bicyclic) bond motifs is 2. The maximum Gasteiger partial charge on any atom is 0.323 e. The monoisotopic (exact) mass is 273 g/mol. The second kappa shape index (κ2) is 4.33. The molecule has 1 amide bonds. The number of carbonyl (C=O) groups is 2. The molecule has 0 unspecified atom stereocenters. The Morgan fingerprint density at radius 3 is 2.55 bits per heavy atom. The molecule has 2 aliphatic rings. The van der Waals surface area contributed by atoms with Gasteiger partial charge in [0, 0.05) is 0 Å². The molecule has 0 bridgehead atoms. The minimum atomic E-state index is -0.958. The molecule has 0 atom stereocenters. The number of carboxylic acid groups (broad SMARTS) is 1. The topological polar surface area (TPSA) is 57.6 Å². The van der Waals surface area contributed by atoms with Crippen LogP contribution in [0.3, 0.4) is 0 Å². The highest BCUT2D eigenvalue weighted by Gasteiger charge is 2.52. The Labute approximate surface area is 118 Å². The number of carboxylic acids is 1. The number of aryl methyl sites for hydroxylation is 1. The van der Waals surface area contributed by atoms with Crippen LogP contribution in [0.5, 0.6) is 0 Å². The predicted octanol–water partition coefficient (Wildman–Crippen LogP) is 2.55. The molecular formula is C16H19NO3. The number of hydrogen-bond acceptors (Lipinski definition) is 2. The fraction of sp³-hybridized carbons (Fsp3) is 0.500. The van der Waals surface area contributed by atoms with Gasteiger partial charge in [0.15, 0.2) is 0 Å². The summed E-state index contributed by atoms with van der Waals surface area (Å²) in [4.78, 5) is 25.5. The van der Waals surface area contributed by atoms with Crippen molar-refractivity contribution in [2.24, 2.45) is 0 Å². The molecule has 106 valence electrons. The van der Waals surface area contributed by atoms with Crippen LogP contribution in [-0.4, -0.2) is 23.5 Å². The van der Waals surface area contributed by atoms with Crippen molar-refractivity contribution in [2.45, 2.75) is 44.9 Å². The molecule has 1 aliphatic carbocycles. The third-order valence-corrected chi connectivity index (χ3v) is 4.89. The Balaban J connectivity index is 2.20. The molecule has 1 N–H and O–H groups in total. The summed E-state index contributed by atoms with van der Waals surface area (Å²) < 4.78 is 0. The largest absolute Gasteiger partial charge is 0.480 e. The molecule has 20 heavy (non-hydrogen) atoms. The maximum atomic E-state index is 12.8. The van der Waals surface area contributed by atoms with E-state index < -0.39 is 11.4 Å². The molecule has 4 nitrogen and oxygen atoms in total. The van der Waals surface area contributed by atoms with E-state index in [-0.39, 0.29) is 12.5 Å². The molecule has 0 saturated heterocycles. The number of amides is 1. The lowest BCUT2D eigenvalue weighted by molar-refractivity contribution is -0.137.